The molecule has 1 unspecified atom stereocenters. The molecule has 35 heavy (non-hydrogen) atoms. The van der Waals surface area contributed by atoms with Crippen LogP contribution in [0.4, 0.5) is 4.79 Å². The molecule has 1 aromatic carbocycles. The Bertz CT molecular complexity index is 875. The summed E-state index contributed by atoms with van der Waals surface area (Å²) in [6.45, 7) is 3.97. The van der Waals surface area contributed by atoms with E-state index in [4.69, 9.17) is 9.47 Å². The van der Waals surface area contributed by atoms with Crippen molar-refractivity contribution >= 4 is 12.0 Å². The third-order valence-electron chi connectivity index (χ3n) is 6.55. The first kappa shape index (κ1) is 28.5. The van der Waals surface area contributed by atoms with E-state index in [1.165, 1.54) is 64.9 Å². The van der Waals surface area contributed by atoms with Crippen LogP contribution in [-0.2, 0) is 16.0 Å². The summed E-state index contributed by atoms with van der Waals surface area (Å²) in [5, 5.41) is 5.58. The van der Waals surface area contributed by atoms with Gasteiger partial charge in [0.05, 0.1) is 25.8 Å². The number of carbonyl (C=O) groups is 2. The molecule has 1 atom stereocenters. The highest BCUT2D eigenvalue weighted by molar-refractivity contribution is 5.95. The van der Waals surface area contributed by atoms with Crippen molar-refractivity contribution in [3.63, 3.8) is 0 Å². The van der Waals surface area contributed by atoms with Crippen LogP contribution in [0.5, 0.6) is 5.75 Å². The van der Waals surface area contributed by atoms with Crippen LogP contribution in [0, 0.1) is 0 Å². The molecular weight excluding hydrogens is 440 g/mol. The molecule has 2 rings (SSSR count). The predicted molar refractivity (Wildman–Crippen MR) is 141 cm³/mol. The topological polar surface area (TPSA) is 76.7 Å². The van der Waals surface area contributed by atoms with Crippen LogP contribution < -0.4 is 15.4 Å². The molecule has 1 aliphatic heterocycles. The Morgan fingerprint density at radius 3 is 2.29 bits per heavy atom. The Labute approximate surface area is 211 Å². The SMILES string of the molecule is CCCCCC/C=C/CCCCCCCc1cccc(OC)c1C1NC(=O)NC(C)=C1C(=O)OC. The predicted octanol–water partition coefficient (Wildman–Crippen LogP) is 6.91. The fourth-order valence-electron chi connectivity index (χ4n) is 4.64. The summed E-state index contributed by atoms with van der Waals surface area (Å²) >= 11 is 0. The van der Waals surface area contributed by atoms with Gasteiger partial charge in [0.15, 0.2) is 0 Å². The summed E-state index contributed by atoms with van der Waals surface area (Å²) in [7, 11) is 2.96. The van der Waals surface area contributed by atoms with Crippen molar-refractivity contribution < 1.29 is 19.1 Å². The summed E-state index contributed by atoms with van der Waals surface area (Å²) < 4.78 is 10.6. The number of benzene rings is 1. The molecule has 1 aromatic rings. The maximum Gasteiger partial charge on any atom is 0.337 e. The van der Waals surface area contributed by atoms with Gasteiger partial charge in [0.25, 0.3) is 0 Å². The van der Waals surface area contributed by atoms with E-state index in [-0.39, 0.29) is 6.03 Å². The third kappa shape index (κ3) is 9.08. The molecule has 0 spiro atoms. The lowest BCUT2D eigenvalue weighted by Crippen LogP contribution is -2.45. The molecule has 1 heterocycles. The number of allylic oxidation sites excluding steroid dienone is 3. The number of aryl methyl sites for hydroxylation is 1. The van der Waals surface area contributed by atoms with Gasteiger partial charge in [-0.3, -0.25) is 0 Å². The highest BCUT2D eigenvalue weighted by Crippen LogP contribution is 2.36. The van der Waals surface area contributed by atoms with Crippen LogP contribution in [0.1, 0.15) is 102 Å². The number of methoxy groups -OCH3 is 2. The third-order valence-corrected chi connectivity index (χ3v) is 6.55. The molecule has 0 saturated carbocycles. The fourth-order valence-corrected chi connectivity index (χ4v) is 4.64. The van der Waals surface area contributed by atoms with Crippen LogP contribution >= 0.6 is 0 Å². The molecule has 6 nitrogen and oxygen atoms in total. The Kier molecular flexibility index (Phi) is 13.0. The van der Waals surface area contributed by atoms with E-state index in [1.54, 1.807) is 14.0 Å². The highest BCUT2D eigenvalue weighted by atomic mass is 16.5. The molecule has 0 saturated heterocycles. The van der Waals surface area contributed by atoms with Gasteiger partial charge in [-0.25, -0.2) is 9.59 Å². The second-order valence-electron chi connectivity index (χ2n) is 9.22. The number of unbranched alkanes of at least 4 members (excludes halogenated alkanes) is 9. The molecule has 194 valence electrons. The van der Waals surface area contributed by atoms with Gasteiger partial charge >= 0.3 is 12.0 Å². The minimum atomic E-state index is -0.615. The Morgan fingerprint density at radius 1 is 0.971 bits per heavy atom. The molecule has 0 aliphatic carbocycles. The monoisotopic (exact) mass is 484 g/mol. The fraction of sp³-hybridized carbons (Fsp3) is 0.586. The van der Waals surface area contributed by atoms with E-state index in [0.29, 0.717) is 17.0 Å². The van der Waals surface area contributed by atoms with Gasteiger partial charge in [0, 0.05) is 11.3 Å². The highest BCUT2D eigenvalue weighted by Gasteiger charge is 2.34. The van der Waals surface area contributed by atoms with E-state index < -0.39 is 12.0 Å². The van der Waals surface area contributed by atoms with Crippen molar-refractivity contribution in [2.75, 3.05) is 14.2 Å². The van der Waals surface area contributed by atoms with Gasteiger partial charge in [0.1, 0.15) is 5.75 Å². The van der Waals surface area contributed by atoms with Crippen molar-refractivity contribution in [2.45, 2.75) is 96.9 Å². The average molecular weight is 485 g/mol. The number of rotatable bonds is 16. The van der Waals surface area contributed by atoms with Gasteiger partial charge in [-0.15, -0.1) is 0 Å². The zero-order valence-corrected chi connectivity index (χ0v) is 22.1. The van der Waals surface area contributed by atoms with Crippen LogP contribution in [0.15, 0.2) is 41.6 Å². The number of hydrogen-bond donors (Lipinski definition) is 2. The molecule has 2 N–H and O–H groups in total. The van der Waals surface area contributed by atoms with Gasteiger partial charge in [-0.1, -0.05) is 69.7 Å². The normalized spacial score (nSPS) is 15.8. The molecule has 1 aliphatic rings. The Morgan fingerprint density at radius 2 is 1.63 bits per heavy atom. The summed E-state index contributed by atoms with van der Waals surface area (Å²) in [6, 6.07) is 4.93. The first-order valence-corrected chi connectivity index (χ1v) is 13.2. The van der Waals surface area contributed by atoms with Crippen molar-refractivity contribution in [3.8, 4) is 5.75 Å². The Balaban J connectivity index is 1.91. The summed E-state index contributed by atoms with van der Waals surface area (Å²) in [5.74, 6) is 0.192. The largest absolute Gasteiger partial charge is 0.496 e. The number of ether oxygens (including phenoxy) is 2. The number of hydrogen-bond acceptors (Lipinski definition) is 4. The molecule has 0 fully saturated rings. The van der Waals surface area contributed by atoms with Gasteiger partial charge < -0.3 is 20.1 Å². The van der Waals surface area contributed by atoms with Crippen molar-refractivity contribution in [2.24, 2.45) is 0 Å². The van der Waals surface area contributed by atoms with Crippen LogP contribution in [-0.4, -0.2) is 26.2 Å². The van der Waals surface area contributed by atoms with Crippen LogP contribution in [0.25, 0.3) is 0 Å². The number of carbonyl (C=O) groups excluding carboxylic acids is 2. The van der Waals surface area contributed by atoms with Crippen molar-refractivity contribution in [1.82, 2.24) is 10.6 Å². The van der Waals surface area contributed by atoms with E-state index in [2.05, 4.69) is 35.8 Å². The van der Waals surface area contributed by atoms with Crippen LogP contribution in [0.2, 0.25) is 0 Å². The second kappa shape index (κ2) is 16.0. The first-order chi connectivity index (χ1) is 17.0. The zero-order valence-electron chi connectivity index (χ0n) is 22.1. The van der Waals surface area contributed by atoms with E-state index in [1.807, 2.05) is 12.1 Å². The van der Waals surface area contributed by atoms with E-state index in [0.717, 1.165) is 30.4 Å². The zero-order chi connectivity index (χ0) is 25.5. The summed E-state index contributed by atoms with van der Waals surface area (Å²) in [4.78, 5) is 24.8. The molecule has 6 heteroatoms. The maximum atomic E-state index is 12.5. The Hall–Kier alpha value is -2.76. The number of esters is 1. The maximum absolute atomic E-state index is 12.5. The lowest BCUT2D eigenvalue weighted by molar-refractivity contribution is -0.136. The van der Waals surface area contributed by atoms with Gasteiger partial charge in [-0.05, 0) is 57.1 Å². The molecule has 2 amide bonds. The number of urea groups is 1. The average Bonchev–Trinajstić information content (AvgIpc) is 2.85. The minimum Gasteiger partial charge on any atom is -0.496 e. The number of nitrogens with one attached hydrogen (secondary N) is 2. The summed E-state index contributed by atoms with van der Waals surface area (Å²) in [5.41, 5.74) is 2.80. The van der Waals surface area contributed by atoms with Crippen LogP contribution in [0.3, 0.4) is 0 Å². The van der Waals surface area contributed by atoms with E-state index in [9.17, 15) is 9.59 Å². The van der Waals surface area contributed by atoms with Crippen molar-refractivity contribution in [3.05, 3.63) is 52.7 Å². The smallest absolute Gasteiger partial charge is 0.337 e. The molecule has 0 bridgehead atoms. The standard InChI is InChI=1S/C29H44N2O4/c1-5-6-7-8-9-10-11-12-13-14-15-16-17-19-23-20-18-21-24(34-3)26(23)27-25(28(32)35-4)22(2)30-29(33)31-27/h10-11,18,20-21,27H,5-9,12-17,19H2,1-4H3,(H2,30,31,33)/b11-10+. The lowest BCUT2D eigenvalue weighted by atomic mass is 9.89. The quantitative estimate of drug-likeness (QED) is 0.152. The summed E-state index contributed by atoms with van der Waals surface area (Å²) in [6.07, 6.45) is 19.1. The van der Waals surface area contributed by atoms with Gasteiger partial charge in [-0.2, -0.15) is 0 Å². The van der Waals surface area contributed by atoms with Crippen molar-refractivity contribution in [1.29, 1.82) is 0 Å². The molecule has 0 aromatic heterocycles. The molecular formula is C29H44N2O4. The number of amides is 2. The van der Waals surface area contributed by atoms with Gasteiger partial charge in [0.2, 0.25) is 0 Å². The lowest BCUT2D eigenvalue weighted by Gasteiger charge is -2.30. The minimum absolute atomic E-state index is 0.341. The first-order valence-electron chi connectivity index (χ1n) is 13.2. The molecule has 0 radical (unpaired) electrons. The van der Waals surface area contributed by atoms with E-state index >= 15 is 0 Å². The second-order valence-corrected chi connectivity index (χ2v) is 9.22.